The fraction of sp³-hybridized carbons (Fsp3) is 0.500. The zero-order chi connectivity index (χ0) is 13.9. The van der Waals surface area contributed by atoms with E-state index in [0.717, 1.165) is 25.0 Å². The summed E-state index contributed by atoms with van der Waals surface area (Å²) in [7, 11) is 0. The highest BCUT2D eigenvalue weighted by molar-refractivity contribution is 5.27. The number of benzene rings is 1. The number of allylic oxidation sites excluding steroid dienone is 1. The van der Waals surface area contributed by atoms with Crippen molar-refractivity contribution in [3.63, 3.8) is 0 Å². The van der Waals surface area contributed by atoms with Crippen LogP contribution in [0, 0.1) is 0 Å². The van der Waals surface area contributed by atoms with Gasteiger partial charge < -0.3 is 14.6 Å². The van der Waals surface area contributed by atoms with E-state index >= 15 is 0 Å². The van der Waals surface area contributed by atoms with Crippen LogP contribution in [0.25, 0.3) is 0 Å². The first-order chi connectivity index (χ1) is 9.26. The minimum atomic E-state index is -0.614. The van der Waals surface area contributed by atoms with E-state index in [2.05, 4.69) is 19.1 Å². The molecule has 0 spiro atoms. The molecule has 0 aliphatic heterocycles. The highest BCUT2D eigenvalue weighted by Crippen LogP contribution is 2.13. The summed E-state index contributed by atoms with van der Waals surface area (Å²) in [6.45, 7) is 4.69. The number of hydrogen-bond acceptors (Lipinski definition) is 3. The summed E-state index contributed by atoms with van der Waals surface area (Å²) in [5.41, 5.74) is 1.31. The minimum Gasteiger partial charge on any atom is -0.499 e. The molecule has 0 amide bonds. The smallest absolute Gasteiger partial charge is 0.122 e. The number of aliphatic hydroxyl groups is 1. The first-order valence-corrected chi connectivity index (χ1v) is 6.92. The van der Waals surface area contributed by atoms with Gasteiger partial charge >= 0.3 is 0 Å². The number of rotatable bonds is 9. The van der Waals surface area contributed by atoms with Crippen molar-refractivity contribution in [2.45, 2.75) is 39.2 Å². The van der Waals surface area contributed by atoms with E-state index in [9.17, 15) is 5.11 Å². The van der Waals surface area contributed by atoms with Crippen molar-refractivity contribution in [1.82, 2.24) is 0 Å². The molecule has 0 saturated heterocycles. The van der Waals surface area contributed by atoms with Crippen molar-refractivity contribution in [2.75, 3.05) is 13.2 Å². The Hall–Kier alpha value is -1.48. The molecule has 0 aromatic heterocycles. The molecule has 0 bridgehead atoms. The van der Waals surface area contributed by atoms with Crippen molar-refractivity contribution in [3.8, 4) is 5.75 Å². The van der Waals surface area contributed by atoms with Crippen LogP contribution in [0.5, 0.6) is 5.75 Å². The van der Waals surface area contributed by atoms with Crippen molar-refractivity contribution >= 4 is 0 Å². The van der Waals surface area contributed by atoms with Crippen LogP contribution in [0.1, 0.15) is 32.3 Å². The van der Waals surface area contributed by atoms with Gasteiger partial charge in [-0.1, -0.05) is 38.5 Å². The summed E-state index contributed by atoms with van der Waals surface area (Å²) >= 11 is 0. The zero-order valence-electron chi connectivity index (χ0n) is 11.8. The fourth-order valence-electron chi connectivity index (χ4n) is 1.61. The highest BCUT2D eigenvalue weighted by Gasteiger charge is 2.05. The standard InChI is InChI=1S/C16H24O3/c1-3-5-11-18-12-15(17)13-19-16-9-7-14(6-4-2)8-10-16/h5,7-11,15,17H,3-4,6,12-13H2,1-2H3. The van der Waals surface area contributed by atoms with E-state index in [1.54, 1.807) is 6.26 Å². The predicted molar refractivity (Wildman–Crippen MR) is 77.3 cm³/mol. The molecule has 3 heteroatoms. The molecule has 1 aromatic rings. The molecule has 0 saturated carbocycles. The molecule has 3 nitrogen and oxygen atoms in total. The van der Waals surface area contributed by atoms with Gasteiger partial charge in [0, 0.05) is 0 Å². The van der Waals surface area contributed by atoms with Gasteiger partial charge in [0.1, 0.15) is 25.1 Å². The summed E-state index contributed by atoms with van der Waals surface area (Å²) in [6, 6.07) is 8.00. The highest BCUT2D eigenvalue weighted by atomic mass is 16.5. The quantitative estimate of drug-likeness (QED) is 0.695. The van der Waals surface area contributed by atoms with Gasteiger partial charge in [-0.25, -0.2) is 0 Å². The van der Waals surface area contributed by atoms with Crippen LogP contribution in [0.15, 0.2) is 36.6 Å². The van der Waals surface area contributed by atoms with E-state index in [0.29, 0.717) is 0 Å². The fourth-order valence-corrected chi connectivity index (χ4v) is 1.61. The molecule has 0 heterocycles. The summed E-state index contributed by atoms with van der Waals surface area (Å²) in [5, 5.41) is 9.66. The Bertz CT molecular complexity index is 357. The second-order valence-electron chi connectivity index (χ2n) is 4.47. The Morgan fingerprint density at radius 3 is 2.53 bits per heavy atom. The average Bonchev–Trinajstić information content (AvgIpc) is 2.43. The number of ether oxygens (including phenoxy) is 2. The van der Waals surface area contributed by atoms with Gasteiger partial charge in [0.05, 0.1) is 6.26 Å². The maximum atomic E-state index is 9.66. The molecule has 1 unspecified atom stereocenters. The first-order valence-electron chi connectivity index (χ1n) is 6.92. The van der Waals surface area contributed by atoms with E-state index in [1.807, 2.05) is 25.1 Å². The van der Waals surface area contributed by atoms with Crippen LogP contribution in [0.4, 0.5) is 0 Å². The SMILES string of the molecule is CCC=COCC(O)COc1ccc(CCC)cc1. The second kappa shape index (κ2) is 9.45. The Morgan fingerprint density at radius 1 is 1.16 bits per heavy atom. The average molecular weight is 264 g/mol. The lowest BCUT2D eigenvalue weighted by molar-refractivity contribution is 0.0463. The Morgan fingerprint density at radius 2 is 1.89 bits per heavy atom. The van der Waals surface area contributed by atoms with Crippen LogP contribution in [-0.2, 0) is 11.2 Å². The Kier molecular flexibility index (Phi) is 7.75. The topological polar surface area (TPSA) is 38.7 Å². The summed E-state index contributed by atoms with van der Waals surface area (Å²) in [4.78, 5) is 0. The molecule has 0 aliphatic rings. The predicted octanol–water partition coefficient (Wildman–Crippen LogP) is 3.32. The molecular formula is C16H24O3. The largest absolute Gasteiger partial charge is 0.499 e. The summed E-state index contributed by atoms with van der Waals surface area (Å²) < 4.78 is 10.7. The van der Waals surface area contributed by atoms with Crippen molar-refractivity contribution < 1.29 is 14.6 Å². The first kappa shape index (κ1) is 15.6. The third kappa shape index (κ3) is 6.87. The molecule has 0 fully saturated rings. The number of aliphatic hydroxyl groups excluding tert-OH is 1. The molecule has 0 radical (unpaired) electrons. The van der Waals surface area contributed by atoms with Gasteiger partial charge in [-0.15, -0.1) is 0 Å². The zero-order valence-corrected chi connectivity index (χ0v) is 11.8. The normalized spacial score (nSPS) is 12.6. The Labute approximate surface area is 115 Å². The van der Waals surface area contributed by atoms with Gasteiger partial charge in [0.15, 0.2) is 0 Å². The number of hydrogen-bond donors (Lipinski definition) is 1. The van der Waals surface area contributed by atoms with Crippen LogP contribution >= 0.6 is 0 Å². The maximum Gasteiger partial charge on any atom is 0.122 e. The molecule has 19 heavy (non-hydrogen) atoms. The van der Waals surface area contributed by atoms with E-state index in [-0.39, 0.29) is 13.2 Å². The van der Waals surface area contributed by atoms with Gasteiger partial charge in [0.2, 0.25) is 0 Å². The molecule has 1 atom stereocenters. The third-order valence-corrected chi connectivity index (χ3v) is 2.62. The lowest BCUT2D eigenvalue weighted by Gasteiger charge is -2.12. The van der Waals surface area contributed by atoms with Gasteiger partial charge in [0.25, 0.3) is 0 Å². The van der Waals surface area contributed by atoms with Crippen molar-refractivity contribution in [3.05, 3.63) is 42.2 Å². The van der Waals surface area contributed by atoms with E-state index in [1.165, 1.54) is 5.56 Å². The molecular weight excluding hydrogens is 240 g/mol. The van der Waals surface area contributed by atoms with Crippen LogP contribution in [0.2, 0.25) is 0 Å². The number of aryl methyl sites for hydroxylation is 1. The van der Waals surface area contributed by atoms with E-state index in [4.69, 9.17) is 9.47 Å². The van der Waals surface area contributed by atoms with Crippen molar-refractivity contribution in [1.29, 1.82) is 0 Å². The monoisotopic (exact) mass is 264 g/mol. The van der Waals surface area contributed by atoms with Crippen molar-refractivity contribution in [2.24, 2.45) is 0 Å². The molecule has 1 aromatic carbocycles. The molecule has 0 aliphatic carbocycles. The van der Waals surface area contributed by atoms with Gasteiger partial charge in [-0.3, -0.25) is 0 Å². The van der Waals surface area contributed by atoms with Crippen LogP contribution in [-0.4, -0.2) is 24.4 Å². The molecule has 1 rings (SSSR count). The minimum absolute atomic E-state index is 0.243. The van der Waals surface area contributed by atoms with Crippen LogP contribution in [0.3, 0.4) is 0 Å². The third-order valence-electron chi connectivity index (χ3n) is 2.62. The summed E-state index contributed by atoms with van der Waals surface area (Å²) in [6.07, 6.45) is 6.05. The van der Waals surface area contributed by atoms with Crippen LogP contribution < -0.4 is 4.74 Å². The maximum absolute atomic E-state index is 9.66. The summed E-state index contributed by atoms with van der Waals surface area (Å²) in [5.74, 6) is 0.781. The molecule has 106 valence electrons. The lowest BCUT2D eigenvalue weighted by Crippen LogP contribution is -2.22. The molecule has 1 N–H and O–H groups in total. The lowest BCUT2D eigenvalue weighted by atomic mass is 10.1. The van der Waals surface area contributed by atoms with E-state index < -0.39 is 6.10 Å². The van der Waals surface area contributed by atoms with Gasteiger partial charge in [-0.2, -0.15) is 0 Å². The second-order valence-corrected chi connectivity index (χ2v) is 4.47. The van der Waals surface area contributed by atoms with Gasteiger partial charge in [-0.05, 0) is 30.5 Å². The Balaban J connectivity index is 2.25.